The second-order valence-electron chi connectivity index (χ2n) is 4.51. The fourth-order valence-corrected chi connectivity index (χ4v) is 3.31. The van der Waals surface area contributed by atoms with E-state index in [2.05, 4.69) is 0 Å². The number of nitrogens with two attached hydrogens (primary N) is 1. The van der Waals surface area contributed by atoms with Crippen LogP contribution in [0.3, 0.4) is 0 Å². The molecule has 0 amide bonds. The Kier molecular flexibility index (Phi) is 3.24. The number of para-hydroxylation sites is 1. The van der Waals surface area contributed by atoms with Gasteiger partial charge in [0.25, 0.3) is 0 Å². The number of fused-ring (bicyclic) bond motifs is 1. The zero-order valence-electron chi connectivity index (χ0n) is 11.0. The van der Waals surface area contributed by atoms with Crippen LogP contribution in [0, 0.1) is 0 Å². The Labute approximate surface area is 121 Å². The lowest BCUT2D eigenvalue weighted by molar-refractivity contribution is 0.0933. The first kappa shape index (κ1) is 12.8. The first-order chi connectivity index (χ1) is 9.68. The van der Waals surface area contributed by atoms with E-state index in [1.165, 1.54) is 11.8 Å². The average molecular weight is 282 g/mol. The molecule has 3 aromatic rings. The Morgan fingerprint density at radius 3 is 2.40 bits per heavy atom. The van der Waals surface area contributed by atoms with Crippen LogP contribution in [0.2, 0.25) is 0 Å². The van der Waals surface area contributed by atoms with E-state index in [0.29, 0.717) is 5.69 Å². The summed E-state index contributed by atoms with van der Waals surface area (Å²) in [6, 6.07) is 17.6. The minimum atomic E-state index is -0.0312. The highest BCUT2D eigenvalue weighted by Crippen LogP contribution is 2.38. The van der Waals surface area contributed by atoms with Gasteiger partial charge in [-0.1, -0.05) is 48.2 Å². The molecule has 20 heavy (non-hydrogen) atoms. The zero-order chi connectivity index (χ0) is 14.1. The lowest BCUT2D eigenvalue weighted by Crippen LogP contribution is -2.06. The molecule has 0 aliphatic rings. The Bertz CT molecular complexity index is 778. The van der Waals surface area contributed by atoms with Crippen molar-refractivity contribution >= 4 is 34.3 Å². The van der Waals surface area contributed by atoms with Crippen LogP contribution >= 0.6 is 11.8 Å². The maximum Gasteiger partial charge on any atom is 0.228 e. The summed E-state index contributed by atoms with van der Waals surface area (Å²) in [7, 11) is 0. The molecule has 0 aliphatic carbocycles. The molecule has 0 aliphatic heterocycles. The molecule has 3 nitrogen and oxygen atoms in total. The predicted molar refractivity (Wildman–Crippen MR) is 83.2 cm³/mol. The highest BCUT2D eigenvalue weighted by Gasteiger charge is 2.18. The zero-order valence-corrected chi connectivity index (χ0v) is 11.9. The average Bonchev–Trinajstić information content (AvgIpc) is 2.74. The Hall–Kier alpha value is -2.20. The first-order valence-corrected chi connectivity index (χ1v) is 7.13. The van der Waals surface area contributed by atoms with Gasteiger partial charge in [0.1, 0.15) is 5.03 Å². The summed E-state index contributed by atoms with van der Waals surface area (Å²) in [5, 5.41) is 1.70. The molecule has 1 aromatic heterocycles. The Balaban J connectivity index is 2.21. The molecule has 2 N–H and O–H groups in total. The van der Waals surface area contributed by atoms with Crippen LogP contribution in [0.25, 0.3) is 10.9 Å². The number of benzene rings is 2. The molecule has 0 unspecified atom stereocenters. The quantitative estimate of drug-likeness (QED) is 0.771. The van der Waals surface area contributed by atoms with Crippen LogP contribution in [-0.2, 0) is 0 Å². The molecule has 100 valence electrons. The van der Waals surface area contributed by atoms with Gasteiger partial charge >= 0.3 is 0 Å². The summed E-state index contributed by atoms with van der Waals surface area (Å²) in [5.74, 6) is -0.0312. The Morgan fingerprint density at radius 2 is 1.70 bits per heavy atom. The molecule has 0 saturated heterocycles. The molecular weight excluding hydrogens is 268 g/mol. The largest absolute Gasteiger partial charge is 0.396 e. The maximum atomic E-state index is 12.0. The number of rotatable bonds is 2. The van der Waals surface area contributed by atoms with Gasteiger partial charge in [-0.05, 0) is 18.2 Å². The number of anilines is 1. The van der Waals surface area contributed by atoms with Gasteiger partial charge in [-0.2, -0.15) is 0 Å². The predicted octanol–water partition coefficient (Wildman–Crippen LogP) is 4.03. The van der Waals surface area contributed by atoms with Gasteiger partial charge in [-0.25, -0.2) is 0 Å². The molecule has 0 radical (unpaired) electrons. The fraction of sp³-hybridized carbons (Fsp3) is 0.0625. The minimum absolute atomic E-state index is 0.0312. The number of carbonyl (C=O) groups excluding carboxylic acids is 1. The number of hydrogen-bond acceptors (Lipinski definition) is 3. The maximum absolute atomic E-state index is 12.0. The Morgan fingerprint density at radius 1 is 1.05 bits per heavy atom. The third kappa shape index (κ3) is 2.08. The number of aromatic nitrogens is 1. The summed E-state index contributed by atoms with van der Waals surface area (Å²) in [6.45, 7) is 1.56. The minimum Gasteiger partial charge on any atom is -0.396 e. The normalized spacial score (nSPS) is 10.8. The van der Waals surface area contributed by atoms with Gasteiger partial charge in [0.05, 0.1) is 11.2 Å². The van der Waals surface area contributed by atoms with Crippen LogP contribution in [0.15, 0.2) is 64.5 Å². The second kappa shape index (κ2) is 5.06. The van der Waals surface area contributed by atoms with E-state index in [9.17, 15) is 4.79 Å². The standard InChI is InChI=1S/C16H14N2OS/c1-11(19)18-14-10-6-5-9-13(14)15(17)16(18)20-12-7-3-2-4-8-12/h2-10H,17H2,1H3. The van der Waals surface area contributed by atoms with Gasteiger partial charge < -0.3 is 5.73 Å². The smallest absolute Gasteiger partial charge is 0.228 e. The first-order valence-electron chi connectivity index (χ1n) is 6.31. The number of nitrogen functional groups attached to an aromatic ring is 1. The monoisotopic (exact) mass is 282 g/mol. The molecule has 1 heterocycles. The number of hydrogen-bond donors (Lipinski definition) is 1. The summed E-state index contributed by atoms with van der Waals surface area (Å²) in [6.07, 6.45) is 0. The summed E-state index contributed by atoms with van der Waals surface area (Å²) < 4.78 is 1.68. The van der Waals surface area contributed by atoms with Gasteiger partial charge in [0, 0.05) is 17.2 Å². The van der Waals surface area contributed by atoms with Crippen LogP contribution < -0.4 is 5.73 Å². The summed E-state index contributed by atoms with van der Waals surface area (Å²) in [5.41, 5.74) is 7.75. The van der Waals surface area contributed by atoms with Crippen molar-refractivity contribution in [1.29, 1.82) is 0 Å². The molecule has 0 atom stereocenters. The van der Waals surface area contributed by atoms with E-state index in [1.54, 1.807) is 11.5 Å². The van der Waals surface area contributed by atoms with Crippen molar-refractivity contribution in [3.63, 3.8) is 0 Å². The van der Waals surface area contributed by atoms with Gasteiger partial charge in [-0.15, -0.1) is 0 Å². The van der Waals surface area contributed by atoms with Crippen molar-refractivity contribution in [2.45, 2.75) is 16.8 Å². The van der Waals surface area contributed by atoms with E-state index < -0.39 is 0 Å². The van der Waals surface area contributed by atoms with E-state index in [1.807, 2.05) is 54.6 Å². The van der Waals surface area contributed by atoms with Gasteiger partial charge in [0.2, 0.25) is 5.91 Å². The van der Waals surface area contributed by atoms with Crippen molar-refractivity contribution in [2.24, 2.45) is 0 Å². The fourth-order valence-electron chi connectivity index (χ4n) is 2.25. The molecule has 4 heteroatoms. The van der Waals surface area contributed by atoms with Crippen LogP contribution in [-0.4, -0.2) is 10.5 Å². The van der Waals surface area contributed by atoms with Crippen LogP contribution in [0.4, 0.5) is 5.69 Å². The summed E-state index contributed by atoms with van der Waals surface area (Å²) in [4.78, 5) is 13.0. The number of carbonyl (C=O) groups is 1. The highest BCUT2D eigenvalue weighted by atomic mass is 32.2. The van der Waals surface area contributed by atoms with Crippen molar-refractivity contribution in [2.75, 3.05) is 5.73 Å². The topological polar surface area (TPSA) is 48.0 Å². The van der Waals surface area contributed by atoms with Crippen LogP contribution in [0.1, 0.15) is 11.7 Å². The third-order valence-corrected chi connectivity index (χ3v) is 4.24. The molecule has 2 aromatic carbocycles. The van der Waals surface area contributed by atoms with Crippen molar-refractivity contribution < 1.29 is 4.79 Å². The molecule has 0 saturated carbocycles. The lowest BCUT2D eigenvalue weighted by atomic mass is 10.2. The molecule has 0 bridgehead atoms. The van der Waals surface area contributed by atoms with Crippen molar-refractivity contribution in [1.82, 2.24) is 4.57 Å². The molecule has 3 rings (SSSR count). The highest BCUT2D eigenvalue weighted by molar-refractivity contribution is 7.99. The molecule has 0 fully saturated rings. The molecular formula is C16H14N2OS. The van der Waals surface area contributed by atoms with Gasteiger partial charge in [0.15, 0.2) is 0 Å². The van der Waals surface area contributed by atoms with Crippen molar-refractivity contribution in [3.05, 3.63) is 54.6 Å². The van der Waals surface area contributed by atoms with Gasteiger partial charge in [-0.3, -0.25) is 9.36 Å². The van der Waals surface area contributed by atoms with Crippen LogP contribution in [0.5, 0.6) is 0 Å². The number of nitrogens with zero attached hydrogens (tertiary/aromatic N) is 1. The SMILES string of the molecule is CC(=O)n1c(Sc2ccccc2)c(N)c2ccccc21. The lowest BCUT2D eigenvalue weighted by Gasteiger charge is -2.06. The van der Waals surface area contributed by atoms with E-state index in [4.69, 9.17) is 5.73 Å². The van der Waals surface area contributed by atoms with Crippen molar-refractivity contribution in [3.8, 4) is 0 Å². The summed E-state index contributed by atoms with van der Waals surface area (Å²) >= 11 is 1.51. The van der Waals surface area contributed by atoms with E-state index in [-0.39, 0.29) is 5.91 Å². The van der Waals surface area contributed by atoms with E-state index >= 15 is 0 Å². The second-order valence-corrected chi connectivity index (χ2v) is 5.57. The molecule has 0 spiro atoms. The van der Waals surface area contributed by atoms with E-state index in [0.717, 1.165) is 20.8 Å². The third-order valence-electron chi connectivity index (χ3n) is 3.14.